The van der Waals surface area contributed by atoms with Crippen LogP contribution in [0.15, 0.2) is 29.2 Å². The Morgan fingerprint density at radius 2 is 1.83 bits per heavy atom. The molecule has 0 bridgehead atoms. The number of rotatable bonds is 9. The van der Waals surface area contributed by atoms with Crippen LogP contribution in [0.1, 0.15) is 39.2 Å². The Hall–Kier alpha value is -1.33. The number of nitrogens with zero attached hydrogens (tertiary/aromatic N) is 1. The number of thioether (sulfide) groups is 1. The van der Waals surface area contributed by atoms with Crippen LogP contribution in [-0.4, -0.2) is 42.0 Å². The normalized spacial score (nSPS) is 11.6. The maximum absolute atomic E-state index is 12.0. The van der Waals surface area contributed by atoms with Crippen LogP contribution >= 0.6 is 11.8 Å². The van der Waals surface area contributed by atoms with E-state index in [2.05, 4.69) is 40.7 Å². The Bertz CT molecular complexity index is 526. The van der Waals surface area contributed by atoms with Crippen molar-refractivity contribution in [2.45, 2.75) is 50.6 Å². The molecule has 0 saturated heterocycles. The highest BCUT2D eigenvalue weighted by Crippen LogP contribution is 2.15. The average molecular weight is 337 g/mol. The lowest BCUT2D eigenvalue weighted by atomic mass is 9.98. The average Bonchev–Trinajstić information content (AvgIpc) is 2.44. The molecule has 4 nitrogen and oxygen atoms in total. The minimum absolute atomic E-state index is 0.0131. The van der Waals surface area contributed by atoms with E-state index < -0.39 is 5.54 Å². The first-order valence-electron chi connectivity index (χ1n) is 7.84. The summed E-state index contributed by atoms with van der Waals surface area (Å²) in [5, 5.41) is 2.93. The third-order valence-electron chi connectivity index (χ3n) is 3.50. The van der Waals surface area contributed by atoms with Gasteiger partial charge in [0.15, 0.2) is 0 Å². The summed E-state index contributed by atoms with van der Waals surface area (Å²) in [5.41, 5.74) is 0.761. The lowest BCUT2D eigenvalue weighted by Gasteiger charge is -2.25. The van der Waals surface area contributed by atoms with Crippen molar-refractivity contribution in [3.8, 4) is 0 Å². The second-order valence-corrected chi connectivity index (χ2v) is 7.53. The summed E-state index contributed by atoms with van der Waals surface area (Å²) in [6.07, 6.45) is 2.85. The van der Waals surface area contributed by atoms with E-state index in [1.165, 1.54) is 10.5 Å². The fourth-order valence-electron chi connectivity index (χ4n) is 2.52. The van der Waals surface area contributed by atoms with Crippen molar-refractivity contribution in [2.24, 2.45) is 0 Å². The zero-order valence-electron chi connectivity index (χ0n) is 14.8. The number of carbonyl (C=O) groups is 2. The van der Waals surface area contributed by atoms with Gasteiger partial charge in [0.05, 0.1) is 0 Å². The summed E-state index contributed by atoms with van der Waals surface area (Å²) in [4.78, 5) is 26.6. The van der Waals surface area contributed by atoms with E-state index in [-0.39, 0.29) is 11.7 Å². The van der Waals surface area contributed by atoms with Crippen molar-refractivity contribution in [1.82, 2.24) is 10.2 Å². The number of nitrogens with one attached hydrogen (secondary N) is 1. The van der Waals surface area contributed by atoms with Crippen LogP contribution in [-0.2, 0) is 16.1 Å². The molecule has 128 valence electrons. The van der Waals surface area contributed by atoms with E-state index in [4.69, 9.17) is 0 Å². The second-order valence-electron chi connectivity index (χ2n) is 6.65. The molecule has 0 aliphatic carbocycles. The number of ketones is 1. The summed E-state index contributed by atoms with van der Waals surface area (Å²) in [6, 6.07) is 8.48. The van der Waals surface area contributed by atoms with Crippen LogP contribution in [0, 0.1) is 0 Å². The van der Waals surface area contributed by atoms with Crippen LogP contribution in [0.5, 0.6) is 0 Å². The van der Waals surface area contributed by atoms with Gasteiger partial charge in [-0.15, -0.1) is 11.8 Å². The molecule has 0 unspecified atom stereocenters. The SMILES string of the molecule is CSc1ccc(CN(C)CCC(=O)NC(C)(C)CC(C)=O)cc1. The van der Waals surface area contributed by atoms with Gasteiger partial charge in [-0.2, -0.15) is 0 Å². The zero-order chi connectivity index (χ0) is 17.5. The smallest absolute Gasteiger partial charge is 0.221 e. The highest BCUT2D eigenvalue weighted by Gasteiger charge is 2.22. The highest BCUT2D eigenvalue weighted by atomic mass is 32.2. The van der Waals surface area contributed by atoms with Crippen LogP contribution in [0.4, 0.5) is 0 Å². The molecule has 0 aromatic heterocycles. The molecule has 23 heavy (non-hydrogen) atoms. The Labute approximate surface area is 144 Å². The lowest BCUT2D eigenvalue weighted by Crippen LogP contribution is -2.45. The minimum atomic E-state index is -0.477. The number of hydrogen-bond acceptors (Lipinski definition) is 4. The molecule has 0 spiro atoms. The predicted molar refractivity (Wildman–Crippen MR) is 96.7 cm³/mol. The number of hydrogen-bond donors (Lipinski definition) is 1. The van der Waals surface area contributed by atoms with Gasteiger partial charge in [0.25, 0.3) is 0 Å². The van der Waals surface area contributed by atoms with Crippen molar-refractivity contribution in [3.05, 3.63) is 29.8 Å². The molecule has 0 heterocycles. The molecule has 0 aliphatic heterocycles. The summed E-state index contributed by atoms with van der Waals surface area (Å²) < 4.78 is 0. The molecular weight excluding hydrogens is 308 g/mol. The van der Waals surface area contributed by atoms with Gasteiger partial charge in [-0.25, -0.2) is 0 Å². The van der Waals surface area contributed by atoms with Gasteiger partial charge in [0, 0.05) is 36.4 Å². The van der Waals surface area contributed by atoms with Crippen molar-refractivity contribution >= 4 is 23.5 Å². The van der Waals surface area contributed by atoms with Crippen LogP contribution in [0.2, 0.25) is 0 Å². The zero-order valence-corrected chi connectivity index (χ0v) is 15.6. The molecule has 1 N–H and O–H groups in total. The van der Waals surface area contributed by atoms with Gasteiger partial charge in [-0.05, 0) is 51.8 Å². The predicted octanol–water partition coefficient (Wildman–Crippen LogP) is 3.10. The molecule has 1 aromatic carbocycles. The summed E-state index contributed by atoms with van der Waals surface area (Å²) in [6.45, 7) is 6.81. The van der Waals surface area contributed by atoms with Crippen molar-refractivity contribution in [2.75, 3.05) is 19.8 Å². The Kier molecular flexibility index (Phi) is 7.79. The van der Waals surface area contributed by atoms with Gasteiger partial charge < -0.3 is 10.2 Å². The van der Waals surface area contributed by atoms with Gasteiger partial charge in [0.1, 0.15) is 5.78 Å². The molecule has 5 heteroatoms. The second kappa shape index (κ2) is 9.08. The van der Waals surface area contributed by atoms with Crippen LogP contribution in [0.25, 0.3) is 0 Å². The number of carbonyl (C=O) groups excluding carboxylic acids is 2. The number of benzene rings is 1. The van der Waals surface area contributed by atoms with Crippen molar-refractivity contribution in [1.29, 1.82) is 0 Å². The lowest BCUT2D eigenvalue weighted by molar-refractivity contribution is -0.124. The van der Waals surface area contributed by atoms with Gasteiger partial charge in [-0.3, -0.25) is 9.59 Å². The molecule has 1 aromatic rings. The van der Waals surface area contributed by atoms with E-state index in [0.29, 0.717) is 19.4 Å². The maximum Gasteiger partial charge on any atom is 0.221 e. The number of Topliss-reactive ketones (excluding diaryl/α,β-unsaturated/α-hetero) is 1. The van der Waals surface area contributed by atoms with Crippen LogP contribution < -0.4 is 5.32 Å². The fourth-order valence-corrected chi connectivity index (χ4v) is 2.93. The summed E-state index contributed by atoms with van der Waals surface area (Å²) in [7, 11) is 2.01. The topological polar surface area (TPSA) is 49.4 Å². The Balaban J connectivity index is 2.38. The molecule has 0 aliphatic rings. The Morgan fingerprint density at radius 1 is 1.22 bits per heavy atom. The molecule has 0 radical (unpaired) electrons. The highest BCUT2D eigenvalue weighted by molar-refractivity contribution is 7.98. The van der Waals surface area contributed by atoms with E-state index in [0.717, 1.165) is 6.54 Å². The standard InChI is InChI=1S/C18H28N2O2S/c1-14(21)12-18(2,3)19-17(22)10-11-20(4)13-15-6-8-16(23-5)9-7-15/h6-9H,10-13H2,1-5H3,(H,19,22). The molecule has 1 rings (SSSR count). The number of amides is 1. The quantitative estimate of drug-likeness (QED) is 0.704. The van der Waals surface area contributed by atoms with Crippen molar-refractivity contribution in [3.63, 3.8) is 0 Å². The van der Waals surface area contributed by atoms with Crippen molar-refractivity contribution < 1.29 is 9.59 Å². The first-order chi connectivity index (χ1) is 10.7. The summed E-state index contributed by atoms with van der Waals surface area (Å²) in [5.74, 6) is 0.0712. The Morgan fingerprint density at radius 3 is 2.35 bits per heavy atom. The third kappa shape index (κ3) is 8.18. The fraction of sp³-hybridized carbons (Fsp3) is 0.556. The minimum Gasteiger partial charge on any atom is -0.351 e. The first kappa shape index (κ1) is 19.7. The molecule has 0 atom stereocenters. The molecular formula is C18H28N2O2S. The largest absolute Gasteiger partial charge is 0.351 e. The molecule has 1 amide bonds. The van der Waals surface area contributed by atoms with E-state index in [1.54, 1.807) is 18.7 Å². The van der Waals surface area contributed by atoms with Crippen LogP contribution in [0.3, 0.4) is 0 Å². The molecule has 0 fully saturated rings. The van der Waals surface area contributed by atoms with Gasteiger partial charge in [-0.1, -0.05) is 12.1 Å². The van der Waals surface area contributed by atoms with E-state index in [9.17, 15) is 9.59 Å². The van der Waals surface area contributed by atoms with Gasteiger partial charge in [0.2, 0.25) is 5.91 Å². The maximum atomic E-state index is 12.0. The molecule has 0 saturated carbocycles. The van der Waals surface area contributed by atoms with E-state index in [1.807, 2.05) is 20.9 Å². The van der Waals surface area contributed by atoms with Gasteiger partial charge >= 0.3 is 0 Å². The first-order valence-corrected chi connectivity index (χ1v) is 9.06. The monoisotopic (exact) mass is 336 g/mol. The van der Waals surface area contributed by atoms with E-state index >= 15 is 0 Å². The third-order valence-corrected chi connectivity index (χ3v) is 4.24. The summed E-state index contributed by atoms with van der Waals surface area (Å²) >= 11 is 1.73.